The standard InChI is InChI=1S/C25H28N6O2S3/c1-18-23(35-17-26-18)24-27-28-25(30(24)2)34-14-6-12-31-13-11-19-9-10-22(15-20(19)16-31)36(32,33)29-21-7-4-3-5-8-21/h3-5,7-10,15,17,29H,6,11-14,16H2,1-2H3. The summed E-state index contributed by atoms with van der Waals surface area (Å²) in [6, 6.07) is 14.5. The molecule has 11 heteroatoms. The van der Waals surface area contributed by atoms with Crippen molar-refractivity contribution < 1.29 is 8.42 Å². The summed E-state index contributed by atoms with van der Waals surface area (Å²) in [6.45, 7) is 4.67. The Balaban J connectivity index is 1.16. The molecule has 36 heavy (non-hydrogen) atoms. The number of aromatic nitrogens is 4. The van der Waals surface area contributed by atoms with Gasteiger partial charge in [-0.15, -0.1) is 21.5 Å². The van der Waals surface area contributed by atoms with Crippen molar-refractivity contribution in [2.45, 2.75) is 36.4 Å². The Kier molecular flexibility index (Phi) is 7.42. The quantitative estimate of drug-likeness (QED) is 0.245. The summed E-state index contributed by atoms with van der Waals surface area (Å²) in [6.07, 6.45) is 1.94. The van der Waals surface area contributed by atoms with Crippen molar-refractivity contribution in [1.29, 1.82) is 0 Å². The van der Waals surface area contributed by atoms with E-state index in [1.165, 1.54) is 5.56 Å². The van der Waals surface area contributed by atoms with E-state index in [2.05, 4.69) is 24.8 Å². The largest absolute Gasteiger partial charge is 0.304 e. The number of hydrogen-bond donors (Lipinski definition) is 1. The number of para-hydroxylation sites is 1. The van der Waals surface area contributed by atoms with Gasteiger partial charge in [-0.05, 0) is 61.7 Å². The maximum Gasteiger partial charge on any atom is 0.261 e. The fraction of sp³-hybridized carbons (Fsp3) is 0.320. The maximum absolute atomic E-state index is 12.9. The van der Waals surface area contributed by atoms with E-state index >= 15 is 0 Å². The van der Waals surface area contributed by atoms with Gasteiger partial charge in [-0.2, -0.15) is 0 Å². The smallest absolute Gasteiger partial charge is 0.261 e. The monoisotopic (exact) mass is 540 g/mol. The summed E-state index contributed by atoms with van der Waals surface area (Å²) in [5.41, 5.74) is 5.68. The number of thioether (sulfide) groups is 1. The highest BCUT2D eigenvalue weighted by Gasteiger charge is 2.21. The number of benzene rings is 2. The lowest BCUT2D eigenvalue weighted by Gasteiger charge is -2.29. The maximum atomic E-state index is 12.9. The Bertz CT molecular complexity index is 1450. The molecule has 0 radical (unpaired) electrons. The van der Waals surface area contributed by atoms with E-state index in [-0.39, 0.29) is 0 Å². The summed E-state index contributed by atoms with van der Waals surface area (Å²) in [5, 5.41) is 9.64. The summed E-state index contributed by atoms with van der Waals surface area (Å²) in [5.74, 6) is 1.80. The first-order chi connectivity index (χ1) is 17.4. The molecule has 0 unspecified atom stereocenters. The highest BCUT2D eigenvalue weighted by atomic mass is 32.2. The molecular formula is C25H28N6O2S3. The molecule has 3 heterocycles. The zero-order valence-corrected chi connectivity index (χ0v) is 22.7. The minimum absolute atomic E-state index is 0.303. The van der Waals surface area contributed by atoms with Crippen molar-refractivity contribution in [3.8, 4) is 10.7 Å². The number of sulfonamides is 1. The summed E-state index contributed by atoms with van der Waals surface area (Å²) < 4.78 is 30.5. The number of anilines is 1. The molecule has 0 atom stereocenters. The number of nitrogens with one attached hydrogen (secondary N) is 1. The lowest BCUT2D eigenvalue weighted by Crippen LogP contribution is -2.31. The molecule has 0 spiro atoms. The van der Waals surface area contributed by atoms with Crippen LogP contribution in [0.5, 0.6) is 0 Å². The van der Waals surface area contributed by atoms with E-state index in [9.17, 15) is 8.42 Å². The molecule has 8 nitrogen and oxygen atoms in total. The van der Waals surface area contributed by atoms with Gasteiger partial charge in [-0.3, -0.25) is 9.62 Å². The normalized spacial score (nSPS) is 14.1. The summed E-state index contributed by atoms with van der Waals surface area (Å²) in [4.78, 5) is 8.07. The van der Waals surface area contributed by atoms with Crippen molar-refractivity contribution in [3.63, 3.8) is 0 Å². The van der Waals surface area contributed by atoms with Gasteiger partial charge in [0.2, 0.25) is 0 Å². The Morgan fingerprint density at radius 3 is 2.72 bits per heavy atom. The number of nitrogens with zero attached hydrogens (tertiary/aromatic N) is 5. The molecule has 0 bridgehead atoms. The molecule has 1 N–H and O–H groups in total. The molecule has 0 saturated heterocycles. The molecule has 0 aliphatic carbocycles. The SMILES string of the molecule is Cc1ncsc1-c1nnc(SCCCN2CCc3ccc(S(=O)(=O)Nc4ccccc4)cc3C2)n1C. The lowest BCUT2D eigenvalue weighted by molar-refractivity contribution is 0.255. The molecule has 4 aromatic rings. The van der Waals surface area contributed by atoms with Gasteiger partial charge in [0.15, 0.2) is 11.0 Å². The van der Waals surface area contributed by atoms with Crippen LogP contribution in [0.2, 0.25) is 0 Å². The second kappa shape index (κ2) is 10.7. The van der Waals surface area contributed by atoms with Crippen molar-refractivity contribution in [2.75, 3.05) is 23.6 Å². The van der Waals surface area contributed by atoms with E-state index in [0.29, 0.717) is 10.6 Å². The second-order valence-corrected chi connectivity index (χ2v) is 12.4. The Hall–Kier alpha value is -2.73. The van der Waals surface area contributed by atoms with E-state index in [1.807, 2.05) is 54.4 Å². The lowest BCUT2D eigenvalue weighted by atomic mass is 10.00. The first kappa shape index (κ1) is 24.9. The number of aryl methyl sites for hydroxylation is 1. The van der Waals surface area contributed by atoms with E-state index < -0.39 is 10.0 Å². The van der Waals surface area contributed by atoms with Crippen molar-refractivity contribution in [2.24, 2.45) is 7.05 Å². The number of hydrogen-bond acceptors (Lipinski definition) is 8. The highest BCUT2D eigenvalue weighted by Crippen LogP contribution is 2.29. The topological polar surface area (TPSA) is 93.0 Å². The van der Waals surface area contributed by atoms with Crippen LogP contribution in [0.25, 0.3) is 10.7 Å². The van der Waals surface area contributed by atoms with Crippen LogP contribution in [0, 0.1) is 6.92 Å². The number of thiazole rings is 1. The van der Waals surface area contributed by atoms with Crippen LogP contribution in [-0.4, -0.2) is 51.9 Å². The van der Waals surface area contributed by atoms with Crippen LogP contribution >= 0.6 is 23.1 Å². The van der Waals surface area contributed by atoms with Gasteiger partial charge in [0.1, 0.15) is 0 Å². The summed E-state index contributed by atoms with van der Waals surface area (Å²) >= 11 is 3.29. The van der Waals surface area contributed by atoms with Crippen LogP contribution in [0.4, 0.5) is 5.69 Å². The Morgan fingerprint density at radius 1 is 1.11 bits per heavy atom. The highest BCUT2D eigenvalue weighted by molar-refractivity contribution is 7.99. The molecular weight excluding hydrogens is 513 g/mol. The van der Waals surface area contributed by atoms with Gasteiger partial charge in [0.05, 0.1) is 21.0 Å². The van der Waals surface area contributed by atoms with Gasteiger partial charge in [-0.1, -0.05) is 36.0 Å². The molecule has 0 amide bonds. The second-order valence-electron chi connectivity index (χ2n) is 8.76. The van der Waals surface area contributed by atoms with Crippen molar-refractivity contribution in [3.05, 3.63) is 70.9 Å². The zero-order valence-electron chi connectivity index (χ0n) is 20.2. The van der Waals surface area contributed by atoms with Gasteiger partial charge in [-0.25, -0.2) is 13.4 Å². The van der Waals surface area contributed by atoms with Crippen LogP contribution in [0.1, 0.15) is 23.2 Å². The molecule has 188 valence electrons. The third-order valence-corrected chi connectivity index (χ3v) is 9.65. The first-order valence-electron chi connectivity index (χ1n) is 11.8. The molecule has 1 aliphatic rings. The molecule has 0 fully saturated rings. The van der Waals surface area contributed by atoms with E-state index in [0.717, 1.165) is 65.3 Å². The predicted octanol–water partition coefficient (Wildman–Crippen LogP) is 4.59. The van der Waals surface area contributed by atoms with E-state index in [1.54, 1.807) is 41.3 Å². The minimum atomic E-state index is -3.63. The molecule has 2 aromatic carbocycles. The predicted molar refractivity (Wildman–Crippen MR) is 145 cm³/mol. The third-order valence-electron chi connectivity index (χ3n) is 6.24. The number of fused-ring (bicyclic) bond motifs is 1. The van der Waals surface area contributed by atoms with Crippen LogP contribution in [-0.2, 0) is 30.0 Å². The third kappa shape index (κ3) is 5.49. The van der Waals surface area contributed by atoms with Crippen molar-refractivity contribution >= 4 is 38.8 Å². The molecule has 1 aliphatic heterocycles. The van der Waals surface area contributed by atoms with Crippen molar-refractivity contribution in [1.82, 2.24) is 24.6 Å². The van der Waals surface area contributed by atoms with Gasteiger partial charge < -0.3 is 4.57 Å². The zero-order chi connectivity index (χ0) is 25.1. The fourth-order valence-corrected chi connectivity index (χ4v) is 7.04. The summed E-state index contributed by atoms with van der Waals surface area (Å²) in [7, 11) is -1.63. The Morgan fingerprint density at radius 2 is 1.94 bits per heavy atom. The molecule has 2 aromatic heterocycles. The van der Waals surface area contributed by atoms with Crippen LogP contribution in [0.15, 0.2) is 64.1 Å². The fourth-order valence-electron chi connectivity index (χ4n) is 4.28. The minimum Gasteiger partial charge on any atom is -0.304 e. The molecule has 5 rings (SSSR count). The van der Waals surface area contributed by atoms with Gasteiger partial charge >= 0.3 is 0 Å². The number of rotatable bonds is 9. The van der Waals surface area contributed by atoms with Crippen LogP contribution < -0.4 is 4.72 Å². The van der Waals surface area contributed by atoms with Crippen LogP contribution in [0.3, 0.4) is 0 Å². The average Bonchev–Trinajstić information content (AvgIpc) is 3.46. The first-order valence-corrected chi connectivity index (χ1v) is 15.1. The van der Waals surface area contributed by atoms with Gasteiger partial charge in [0, 0.05) is 31.6 Å². The van der Waals surface area contributed by atoms with Gasteiger partial charge in [0.25, 0.3) is 10.0 Å². The average molecular weight is 541 g/mol. The Labute approximate surface area is 219 Å². The molecule has 0 saturated carbocycles. The van der Waals surface area contributed by atoms with E-state index in [4.69, 9.17) is 0 Å².